The van der Waals surface area contributed by atoms with Crippen LogP contribution in [0.4, 0.5) is 98.8 Å². The van der Waals surface area contributed by atoms with Crippen molar-refractivity contribution in [2.45, 2.75) is 105 Å². The summed E-state index contributed by atoms with van der Waals surface area (Å²) in [6.07, 6.45) is -2.52. The number of hydrogen-bond acceptors (Lipinski definition) is 10. The first-order valence-corrected chi connectivity index (χ1v) is 29.2. The summed E-state index contributed by atoms with van der Waals surface area (Å²) in [5, 5.41) is 0. The number of anilines is 14. The van der Waals surface area contributed by atoms with Gasteiger partial charge in [-0.3, -0.25) is 0 Å². The van der Waals surface area contributed by atoms with Crippen LogP contribution in [0.3, 0.4) is 0 Å². The number of benzene rings is 9. The van der Waals surface area contributed by atoms with E-state index in [1.807, 2.05) is 211 Å². The van der Waals surface area contributed by atoms with Gasteiger partial charge in [-0.1, -0.05) is 72.8 Å². The minimum absolute atomic E-state index is 0.417. The predicted octanol–water partition coefficient (Wildman–Crippen LogP) is 20.9. The summed E-state index contributed by atoms with van der Waals surface area (Å²) < 4.78 is 24.0. The molecule has 450 valence electrons. The molecular weight excluding hydrogens is 1100 g/mol. The van der Waals surface area contributed by atoms with Crippen LogP contribution in [0.5, 0.6) is 0 Å². The Kier molecular flexibility index (Phi) is 18.4. The highest BCUT2D eigenvalue weighted by Crippen LogP contribution is 2.41. The molecule has 0 saturated carbocycles. The van der Waals surface area contributed by atoms with Gasteiger partial charge in [0.25, 0.3) is 0 Å². The summed E-state index contributed by atoms with van der Waals surface area (Å²) in [6.45, 7) is 21.6. The SMILES string of the molecule is CC(C)(C)OC(=O)N(c1ccc(N(C(=O)OC(C)(C)C)c2ccc(N(C(=O)OC(C)(C)C)c3ccc(N(c4ccccc4)c4ccccc4)cc3)cc2)cc1)c1ccc(N(C(=O)OC(C)(C)C)c2ccc(N(c3ccccc3)c3ccccc3)cc2)cc1. The van der Waals surface area contributed by atoms with Crippen LogP contribution in [0.2, 0.25) is 0 Å². The van der Waals surface area contributed by atoms with Crippen molar-refractivity contribution in [3.63, 3.8) is 0 Å². The van der Waals surface area contributed by atoms with Crippen LogP contribution in [-0.4, -0.2) is 46.8 Å². The van der Waals surface area contributed by atoms with E-state index in [4.69, 9.17) is 18.9 Å². The van der Waals surface area contributed by atoms with Crippen molar-refractivity contribution < 1.29 is 38.1 Å². The highest BCUT2D eigenvalue weighted by Gasteiger charge is 2.32. The Balaban J connectivity index is 1.04. The molecule has 0 N–H and O–H groups in total. The average Bonchev–Trinajstić information content (AvgIpc) is 2.41. The molecule has 0 bridgehead atoms. The van der Waals surface area contributed by atoms with Gasteiger partial charge in [-0.2, -0.15) is 0 Å². The summed E-state index contributed by atoms with van der Waals surface area (Å²) in [6, 6.07) is 76.3. The number of rotatable bonds is 14. The molecule has 0 aliphatic heterocycles. The maximum absolute atomic E-state index is 14.4. The Morgan fingerprint density at radius 1 is 0.205 bits per heavy atom. The largest absolute Gasteiger partial charge is 0.443 e. The average molecular weight is 1180 g/mol. The van der Waals surface area contributed by atoms with Gasteiger partial charge >= 0.3 is 24.4 Å². The van der Waals surface area contributed by atoms with Gasteiger partial charge in [0.2, 0.25) is 0 Å². The van der Waals surface area contributed by atoms with Crippen LogP contribution in [0, 0.1) is 0 Å². The Hall–Kier alpha value is -10.3. The van der Waals surface area contributed by atoms with Crippen LogP contribution in [0.15, 0.2) is 243 Å². The van der Waals surface area contributed by atoms with Crippen molar-refractivity contribution in [2.24, 2.45) is 0 Å². The normalized spacial score (nSPS) is 11.6. The Morgan fingerprint density at radius 3 is 0.466 bits per heavy atom. The van der Waals surface area contributed by atoms with Crippen LogP contribution in [0.1, 0.15) is 83.1 Å². The molecule has 9 aromatic rings. The molecule has 9 rings (SSSR count). The zero-order valence-electron chi connectivity index (χ0n) is 52.0. The van der Waals surface area contributed by atoms with Crippen molar-refractivity contribution in [3.05, 3.63) is 243 Å². The lowest BCUT2D eigenvalue weighted by atomic mass is 10.1. The molecule has 0 atom stereocenters. The molecule has 0 spiro atoms. The molecular formula is C74H76N6O8. The fraction of sp³-hybridized carbons (Fsp3) is 0.216. The van der Waals surface area contributed by atoms with E-state index in [1.54, 1.807) is 114 Å². The quantitative estimate of drug-likeness (QED) is 0.0972. The number of ether oxygens (including phenoxy) is 4. The van der Waals surface area contributed by atoms with E-state index >= 15 is 0 Å². The van der Waals surface area contributed by atoms with Crippen LogP contribution < -0.4 is 29.4 Å². The standard InChI is InChI=1S/C74H76N6O8/c1-71(2,3)85-67(81)77(59-37-33-57(34-38-59)75(53-25-17-13-18-26-53)54-27-19-14-20-28-54)61-41-45-63(46-42-61)79(69(83)87-73(7,8)9)65-49-51-66(52-50-65)80(70(84)88-74(10,11)12)64-47-43-62(44-48-64)78(68(82)86-72(4,5)6)60-39-35-58(36-40-60)76(55-29-21-15-22-30-55)56-31-23-16-24-32-56/h13-52H,1-12H3. The number of amides is 4. The highest BCUT2D eigenvalue weighted by atomic mass is 16.6. The predicted molar refractivity (Wildman–Crippen MR) is 355 cm³/mol. The topological polar surface area (TPSA) is 125 Å². The van der Waals surface area contributed by atoms with E-state index in [2.05, 4.69) is 9.80 Å². The summed E-state index contributed by atoms with van der Waals surface area (Å²) in [5.41, 5.74) is 6.00. The number of para-hydroxylation sites is 4. The van der Waals surface area contributed by atoms with Gasteiger partial charge in [0, 0.05) is 34.1 Å². The number of carbonyl (C=O) groups excluding carboxylic acids is 4. The Labute approximate surface area is 517 Å². The molecule has 88 heavy (non-hydrogen) atoms. The molecule has 4 amide bonds. The Morgan fingerprint density at radius 2 is 0.330 bits per heavy atom. The third-order valence-corrected chi connectivity index (χ3v) is 13.2. The lowest BCUT2D eigenvalue weighted by Gasteiger charge is -2.31. The van der Waals surface area contributed by atoms with Crippen molar-refractivity contribution in [2.75, 3.05) is 29.4 Å². The second-order valence-corrected chi connectivity index (χ2v) is 24.9. The monoisotopic (exact) mass is 1180 g/mol. The van der Waals surface area contributed by atoms with E-state index in [1.165, 1.54) is 19.6 Å². The molecule has 14 nitrogen and oxygen atoms in total. The molecule has 0 aliphatic rings. The molecule has 0 aliphatic carbocycles. The van der Waals surface area contributed by atoms with Gasteiger partial charge in [-0.05, 0) is 253 Å². The summed E-state index contributed by atoms with van der Waals surface area (Å²) >= 11 is 0. The van der Waals surface area contributed by atoms with Gasteiger partial charge in [0.1, 0.15) is 22.4 Å². The van der Waals surface area contributed by atoms with Crippen molar-refractivity contribution in [1.29, 1.82) is 0 Å². The summed E-state index contributed by atoms with van der Waals surface area (Å²) in [7, 11) is 0. The molecule has 0 aromatic heterocycles. The first-order valence-electron chi connectivity index (χ1n) is 29.2. The maximum Gasteiger partial charge on any atom is 0.419 e. The van der Waals surface area contributed by atoms with Crippen LogP contribution >= 0.6 is 0 Å². The van der Waals surface area contributed by atoms with Gasteiger partial charge in [-0.15, -0.1) is 0 Å². The van der Waals surface area contributed by atoms with Crippen molar-refractivity contribution >= 4 is 104 Å². The molecule has 14 heteroatoms. The second-order valence-electron chi connectivity index (χ2n) is 24.9. The van der Waals surface area contributed by atoms with Gasteiger partial charge in [0.15, 0.2) is 0 Å². The van der Waals surface area contributed by atoms with Crippen LogP contribution in [0.25, 0.3) is 0 Å². The highest BCUT2D eigenvalue weighted by molar-refractivity contribution is 6.02. The third-order valence-electron chi connectivity index (χ3n) is 13.2. The number of nitrogens with zero attached hydrogens (tertiary/aromatic N) is 6. The van der Waals surface area contributed by atoms with E-state index in [0.717, 1.165) is 34.1 Å². The van der Waals surface area contributed by atoms with Gasteiger partial charge < -0.3 is 28.7 Å². The molecule has 0 fully saturated rings. The van der Waals surface area contributed by atoms with E-state index in [0.29, 0.717) is 45.5 Å². The maximum atomic E-state index is 14.4. The third kappa shape index (κ3) is 15.7. The fourth-order valence-corrected chi connectivity index (χ4v) is 9.63. The van der Waals surface area contributed by atoms with Crippen LogP contribution in [-0.2, 0) is 18.9 Å². The lowest BCUT2D eigenvalue weighted by Crippen LogP contribution is -2.35. The lowest BCUT2D eigenvalue weighted by molar-refractivity contribution is 0.0586. The molecule has 0 heterocycles. The van der Waals surface area contributed by atoms with Crippen molar-refractivity contribution in [3.8, 4) is 0 Å². The van der Waals surface area contributed by atoms with Crippen molar-refractivity contribution in [1.82, 2.24) is 0 Å². The molecule has 0 unspecified atom stereocenters. The first kappa shape index (κ1) is 62.2. The summed E-state index contributed by atoms with van der Waals surface area (Å²) in [5.74, 6) is 0. The molecule has 0 saturated heterocycles. The van der Waals surface area contributed by atoms with E-state index in [-0.39, 0.29) is 0 Å². The summed E-state index contributed by atoms with van der Waals surface area (Å²) in [4.78, 5) is 67.5. The molecule has 9 aromatic carbocycles. The minimum atomic E-state index is -0.875. The second kappa shape index (κ2) is 26.1. The zero-order chi connectivity index (χ0) is 63.0. The Bertz CT molecular complexity index is 3460. The van der Waals surface area contributed by atoms with E-state index < -0.39 is 46.8 Å². The fourth-order valence-electron chi connectivity index (χ4n) is 9.63. The molecule has 0 radical (unpaired) electrons. The van der Waals surface area contributed by atoms with E-state index in [9.17, 15) is 19.2 Å². The zero-order valence-corrected chi connectivity index (χ0v) is 52.0. The smallest absolute Gasteiger partial charge is 0.419 e. The number of hydrogen-bond donors (Lipinski definition) is 0. The van der Waals surface area contributed by atoms with Gasteiger partial charge in [0.05, 0.1) is 45.5 Å². The van der Waals surface area contributed by atoms with Gasteiger partial charge in [-0.25, -0.2) is 38.8 Å². The first-order chi connectivity index (χ1) is 41.8. The minimum Gasteiger partial charge on any atom is -0.443 e. The number of carbonyl (C=O) groups is 4.